The Balaban J connectivity index is 1.73. The number of piperazine rings is 1. The quantitative estimate of drug-likeness (QED) is 0.787. The molecule has 0 N–H and O–H groups in total. The second-order valence-electron chi connectivity index (χ2n) is 5.99. The molecule has 1 saturated heterocycles. The van der Waals surface area contributed by atoms with E-state index in [0.717, 1.165) is 30.2 Å². The van der Waals surface area contributed by atoms with Crippen molar-refractivity contribution in [3.63, 3.8) is 0 Å². The van der Waals surface area contributed by atoms with E-state index in [4.69, 9.17) is 23.2 Å². The first-order valence-corrected chi connectivity index (χ1v) is 8.91. The zero-order valence-electron chi connectivity index (χ0n) is 13.6. The molecule has 0 radical (unpaired) electrons. The largest absolute Gasteiger partial charge is 0.365 e. The van der Waals surface area contributed by atoms with Crippen molar-refractivity contribution < 1.29 is 4.79 Å². The summed E-state index contributed by atoms with van der Waals surface area (Å²) in [6.45, 7) is 4.41. The minimum absolute atomic E-state index is 0.0703. The van der Waals surface area contributed by atoms with Gasteiger partial charge >= 0.3 is 0 Å². The third-order valence-corrected chi connectivity index (χ3v) is 4.99. The number of rotatable bonds is 3. The SMILES string of the molecule is CCC1CN(C(=O)c2ccc(Cl)cc2)CCN1c1ccc(Cl)cc1. The molecule has 3 rings (SSSR count). The van der Waals surface area contributed by atoms with E-state index >= 15 is 0 Å². The van der Waals surface area contributed by atoms with Crippen LogP contribution in [0.25, 0.3) is 0 Å². The van der Waals surface area contributed by atoms with Crippen molar-refractivity contribution in [1.82, 2.24) is 4.90 Å². The summed E-state index contributed by atoms with van der Waals surface area (Å²) in [7, 11) is 0. The fourth-order valence-electron chi connectivity index (χ4n) is 3.14. The van der Waals surface area contributed by atoms with E-state index in [0.29, 0.717) is 23.2 Å². The number of halogens is 2. The van der Waals surface area contributed by atoms with Crippen LogP contribution in [0, 0.1) is 0 Å². The van der Waals surface area contributed by atoms with Crippen LogP contribution in [0.5, 0.6) is 0 Å². The van der Waals surface area contributed by atoms with Crippen LogP contribution in [0.4, 0.5) is 5.69 Å². The highest BCUT2D eigenvalue weighted by molar-refractivity contribution is 6.30. The molecule has 0 aromatic heterocycles. The summed E-state index contributed by atoms with van der Waals surface area (Å²) in [5.74, 6) is 0.0703. The Bertz CT molecular complexity index is 700. The van der Waals surface area contributed by atoms with E-state index < -0.39 is 0 Å². The number of anilines is 1. The van der Waals surface area contributed by atoms with Crippen molar-refractivity contribution in [2.45, 2.75) is 19.4 Å². The molecule has 2 aromatic rings. The van der Waals surface area contributed by atoms with Crippen molar-refractivity contribution in [2.24, 2.45) is 0 Å². The molecule has 1 aliphatic heterocycles. The summed E-state index contributed by atoms with van der Waals surface area (Å²) in [6.07, 6.45) is 0.979. The highest BCUT2D eigenvalue weighted by Gasteiger charge is 2.29. The molecule has 126 valence electrons. The number of carbonyl (C=O) groups is 1. The maximum atomic E-state index is 12.7. The average Bonchev–Trinajstić information content (AvgIpc) is 2.62. The molecule has 0 saturated carbocycles. The van der Waals surface area contributed by atoms with Gasteiger partial charge in [0.15, 0.2) is 0 Å². The van der Waals surface area contributed by atoms with Gasteiger partial charge in [0.05, 0.1) is 0 Å². The number of benzene rings is 2. The molecule has 5 heteroatoms. The van der Waals surface area contributed by atoms with Gasteiger partial charge in [-0.25, -0.2) is 0 Å². The van der Waals surface area contributed by atoms with Crippen molar-refractivity contribution in [2.75, 3.05) is 24.5 Å². The molecular weight excluding hydrogens is 343 g/mol. The molecule has 1 amide bonds. The van der Waals surface area contributed by atoms with E-state index in [1.54, 1.807) is 24.3 Å². The Morgan fingerprint density at radius 1 is 1.00 bits per heavy atom. The molecule has 1 aliphatic rings. The lowest BCUT2D eigenvalue weighted by atomic mass is 10.1. The van der Waals surface area contributed by atoms with Gasteiger partial charge in [-0.05, 0) is 55.0 Å². The number of hydrogen-bond acceptors (Lipinski definition) is 2. The van der Waals surface area contributed by atoms with E-state index in [1.165, 1.54) is 0 Å². The molecule has 1 atom stereocenters. The number of carbonyl (C=O) groups excluding carboxylic acids is 1. The first kappa shape index (κ1) is 17.1. The fraction of sp³-hybridized carbons (Fsp3) is 0.316. The van der Waals surface area contributed by atoms with E-state index in [-0.39, 0.29) is 5.91 Å². The molecular formula is C19H20Cl2N2O. The third kappa shape index (κ3) is 3.68. The van der Waals surface area contributed by atoms with Crippen LogP contribution in [-0.4, -0.2) is 36.5 Å². The minimum atomic E-state index is 0.0703. The molecule has 1 heterocycles. The predicted octanol–water partition coefficient (Wildman–Crippen LogP) is 4.73. The number of hydrogen-bond donors (Lipinski definition) is 0. The fourth-order valence-corrected chi connectivity index (χ4v) is 3.39. The van der Waals surface area contributed by atoms with Gasteiger partial charge in [0.25, 0.3) is 5.91 Å². The molecule has 24 heavy (non-hydrogen) atoms. The van der Waals surface area contributed by atoms with Gasteiger partial charge in [0.1, 0.15) is 0 Å². The smallest absolute Gasteiger partial charge is 0.253 e. The lowest BCUT2D eigenvalue weighted by Crippen LogP contribution is -2.54. The van der Waals surface area contributed by atoms with Crippen LogP contribution in [0.1, 0.15) is 23.7 Å². The highest BCUT2D eigenvalue weighted by atomic mass is 35.5. The molecule has 1 unspecified atom stereocenters. The Morgan fingerprint density at radius 2 is 1.58 bits per heavy atom. The topological polar surface area (TPSA) is 23.6 Å². The van der Waals surface area contributed by atoms with Crippen molar-refractivity contribution in [3.8, 4) is 0 Å². The van der Waals surface area contributed by atoms with Crippen molar-refractivity contribution >= 4 is 34.8 Å². The number of nitrogens with zero attached hydrogens (tertiary/aromatic N) is 2. The summed E-state index contributed by atoms with van der Waals surface area (Å²) >= 11 is 11.9. The van der Waals surface area contributed by atoms with Crippen molar-refractivity contribution in [1.29, 1.82) is 0 Å². The van der Waals surface area contributed by atoms with Crippen LogP contribution >= 0.6 is 23.2 Å². The van der Waals surface area contributed by atoms with Gasteiger partial charge in [-0.2, -0.15) is 0 Å². The second-order valence-corrected chi connectivity index (χ2v) is 6.86. The van der Waals surface area contributed by atoms with Gasteiger partial charge < -0.3 is 9.80 Å². The predicted molar refractivity (Wildman–Crippen MR) is 100 cm³/mol. The first-order chi connectivity index (χ1) is 11.6. The maximum Gasteiger partial charge on any atom is 0.253 e. The van der Waals surface area contributed by atoms with E-state index in [2.05, 4.69) is 11.8 Å². The molecule has 0 aliphatic carbocycles. The first-order valence-electron chi connectivity index (χ1n) is 8.15. The van der Waals surface area contributed by atoms with Gasteiger partial charge in [-0.15, -0.1) is 0 Å². The zero-order valence-corrected chi connectivity index (χ0v) is 15.1. The van der Waals surface area contributed by atoms with Gasteiger partial charge in [0.2, 0.25) is 0 Å². The lowest BCUT2D eigenvalue weighted by molar-refractivity contribution is 0.0721. The number of amides is 1. The van der Waals surface area contributed by atoms with Crippen LogP contribution in [0.3, 0.4) is 0 Å². The van der Waals surface area contributed by atoms with Crippen molar-refractivity contribution in [3.05, 3.63) is 64.1 Å². The summed E-state index contributed by atoms with van der Waals surface area (Å²) in [6, 6.07) is 15.3. The summed E-state index contributed by atoms with van der Waals surface area (Å²) in [5, 5.41) is 1.38. The van der Waals surface area contributed by atoms with Crippen LogP contribution in [0.15, 0.2) is 48.5 Å². The summed E-state index contributed by atoms with van der Waals surface area (Å²) < 4.78 is 0. The Labute approximate surface area is 152 Å². The third-order valence-electron chi connectivity index (χ3n) is 4.49. The van der Waals surface area contributed by atoms with Crippen LogP contribution in [-0.2, 0) is 0 Å². The average molecular weight is 363 g/mol. The van der Waals surface area contributed by atoms with Gasteiger partial charge in [-0.1, -0.05) is 30.1 Å². The van der Waals surface area contributed by atoms with Gasteiger partial charge in [0, 0.05) is 47.0 Å². The molecule has 0 bridgehead atoms. The van der Waals surface area contributed by atoms with Gasteiger partial charge in [-0.3, -0.25) is 4.79 Å². The summed E-state index contributed by atoms with van der Waals surface area (Å²) in [5.41, 5.74) is 1.85. The Kier molecular flexibility index (Phi) is 5.32. The minimum Gasteiger partial charge on any atom is -0.365 e. The standard InChI is InChI=1S/C19H20Cl2N2O/c1-2-17-13-22(19(24)14-3-5-15(20)6-4-14)11-12-23(17)18-9-7-16(21)8-10-18/h3-10,17H,2,11-13H2,1H3. The molecule has 1 fully saturated rings. The van der Waals surface area contributed by atoms with Crippen LogP contribution < -0.4 is 4.90 Å². The highest BCUT2D eigenvalue weighted by Crippen LogP contribution is 2.25. The molecule has 0 spiro atoms. The second kappa shape index (κ2) is 7.45. The maximum absolute atomic E-state index is 12.7. The monoisotopic (exact) mass is 362 g/mol. The normalized spacial score (nSPS) is 17.9. The lowest BCUT2D eigenvalue weighted by Gasteiger charge is -2.42. The zero-order chi connectivity index (χ0) is 17.1. The van der Waals surface area contributed by atoms with E-state index in [9.17, 15) is 4.79 Å². The Morgan fingerprint density at radius 3 is 2.17 bits per heavy atom. The Hall–Kier alpha value is -1.71. The molecule has 2 aromatic carbocycles. The van der Waals surface area contributed by atoms with Crippen LogP contribution in [0.2, 0.25) is 10.0 Å². The molecule has 3 nitrogen and oxygen atoms in total. The van der Waals surface area contributed by atoms with E-state index in [1.807, 2.05) is 29.2 Å². The summed E-state index contributed by atoms with van der Waals surface area (Å²) in [4.78, 5) is 17.0.